The Morgan fingerprint density at radius 1 is 0.647 bits per heavy atom. The fourth-order valence-electron chi connectivity index (χ4n) is 5.08. The standard InChI is InChI=1S/C37H40O3.C4H6O2.CH2O2.H2O2/c1-5-6-7-8-9-34-22-36(33-18-12-29(13-19-33)27(3)25-39)37(40-4)23-35(34)32-20-16-31(17-21-32)30-14-10-28(11-15-30)26(2)24-38;1-4(2-5)3-6;2-1-3;1-2/h10-23,38-39H,2-3,5-9,24-25H2,1,4H3;2,6H,1,3H2;1H,(H,2,3);1-2H. The van der Waals surface area contributed by atoms with Crippen LogP contribution in [0.15, 0.2) is 110 Å². The first kappa shape index (κ1) is 43.9. The molecule has 0 aliphatic carbocycles. The molecule has 0 aliphatic heterocycles. The molecule has 0 amide bonds. The van der Waals surface area contributed by atoms with Gasteiger partial charge in [0.15, 0.2) is 0 Å². The Kier molecular flexibility index (Phi) is 21.4. The van der Waals surface area contributed by atoms with Gasteiger partial charge in [-0.05, 0) is 80.6 Å². The van der Waals surface area contributed by atoms with Crippen LogP contribution in [0.1, 0.15) is 49.3 Å². The number of hydrogen-bond donors (Lipinski definition) is 6. The molecular formula is C42H50O9. The van der Waals surface area contributed by atoms with E-state index < -0.39 is 0 Å². The van der Waals surface area contributed by atoms with E-state index in [9.17, 15) is 15.0 Å². The van der Waals surface area contributed by atoms with Crippen LogP contribution in [0.3, 0.4) is 0 Å². The van der Waals surface area contributed by atoms with Crippen molar-refractivity contribution in [3.8, 4) is 39.1 Å². The van der Waals surface area contributed by atoms with Crippen LogP contribution in [0.2, 0.25) is 0 Å². The molecule has 0 fully saturated rings. The van der Waals surface area contributed by atoms with Crippen LogP contribution >= 0.6 is 0 Å². The van der Waals surface area contributed by atoms with E-state index in [1.165, 1.54) is 36.0 Å². The zero-order chi connectivity index (χ0) is 38.2. The van der Waals surface area contributed by atoms with Gasteiger partial charge in [-0.25, -0.2) is 0 Å². The van der Waals surface area contributed by atoms with Crippen molar-refractivity contribution in [2.24, 2.45) is 0 Å². The Bertz CT molecular complexity index is 1660. The number of unbranched alkanes of at least 4 members (excludes halogenated alkanes) is 3. The van der Waals surface area contributed by atoms with Crippen molar-refractivity contribution in [1.82, 2.24) is 0 Å². The van der Waals surface area contributed by atoms with Gasteiger partial charge >= 0.3 is 0 Å². The van der Waals surface area contributed by atoms with Crippen molar-refractivity contribution >= 4 is 23.9 Å². The van der Waals surface area contributed by atoms with Crippen molar-refractivity contribution < 1.29 is 45.3 Å². The second kappa shape index (κ2) is 24.9. The normalized spacial score (nSPS) is 9.78. The number of aldehydes is 1. The summed E-state index contributed by atoms with van der Waals surface area (Å²) in [5.74, 6) is 0.838. The van der Waals surface area contributed by atoms with E-state index in [1.807, 2.05) is 24.3 Å². The van der Waals surface area contributed by atoms with Crippen molar-refractivity contribution in [2.75, 3.05) is 26.9 Å². The molecule has 9 heteroatoms. The van der Waals surface area contributed by atoms with Crippen LogP contribution in [0, 0.1) is 0 Å². The summed E-state index contributed by atoms with van der Waals surface area (Å²) in [6.45, 7) is 12.7. The quantitative estimate of drug-likeness (QED) is 0.0236. The molecule has 4 aromatic rings. The predicted molar refractivity (Wildman–Crippen MR) is 206 cm³/mol. The number of carboxylic acid groups (broad SMARTS) is 1. The lowest BCUT2D eigenvalue weighted by Gasteiger charge is -2.17. The molecule has 51 heavy (non-hydrogen) atoms. The third-order valence-electron chi connectivity index (χ3n) is 7.90. The summed E-state index contributed by atoms with van der Waals surface area (Å²) in [5.41, 5.74) is 11.6. The van der Waals surface area contributed by atoms with Gasteiger partial charge < -0.3 is 25.2 Å². The molecule has 4 rings (SSSR count). The van der Waals surface area contributed by atoms with Crippen LogP contribution in [0.25, 0.3) is 44.5 Å². The van der Waals surface area contributed by atoms with Crippen molar-refractivity contribution in [1.29, 1.82) is 0 Å². The van der Waals surface area contributed by atoms with Crippen molar-refractivity contribution in [2.45, 2.75) is 39.0 Å². The molecule has 4 aromatic carbocycles. The molecule has 272 valence electrons. The Hall–Kier alpha value is -5.16. The highest BCUT2D eigenvalue weighted by Crippen LogP contribution is 2.39. The molecule has 0 aromatic heterocycles. The van der Waals surface area contributed by atoms with Crippen LogP contribution in [-0.2, 0) is 16.0 Å². The maximum atomic E-state index is 9.48. The molecule has 0 unspecified atom stereocenters. The molecule has 9 nitrogen and oxygen atoms in total. The maximum absolute atomic E-state index is 9.48. The minimum atomic E-state index is -0.250. The van der Waals surface area contributed by atoms with Gasteiger partial charge in [-0.3, -0.25) is 20.1 Å². The van der Waals surface area contributed by atoms with Gasteiger partial charge in [0.2, 0.25) is 0 Å². The zero-order valence-electron chi connectivity index (χ0n) is 29.4. The Morgan fingerprint density at radius 2 is 1.08 bits per heavy atom. The smallest absolute Gasteiger partial charge is 0.290 e. The highest BCUT2D eigenvalue weighted by molar-refractivity contribution is 5.81. The van der Waals surface area contributed by atoms with E-state index >= 15 is 0 Å². The SMILES string of the molecule is C=C(C=O)CO.C=C(CO)c1ccc(-c2ccc(-c3cc(OC)c(-c4ccc(C(=C)CO)cc4)cc3CCCCCC)cc2)cc1.O=CO.OO. The van der Waals surface area contributed by atoms with Crippen LogP contribution in [0.5, 0.6) is 5.75 Å². The minimum Gasteiger partial charge on any atom is -0.496 e. The third-order valence-corrected chi connectivity index (χ3v) is 7.90. The number of rotatable bonds is 15. The number of carbonyl (C=O) groups excluding carboxylic acids is 1. The monoisotopic (exact) mass is 698 g/mol. The minimum absolute atomic E-state index is 0.0398. The summed E-state index contributed by atoms with van der Waals surface area (Å²) in [5, 5.41) is 45.7. The predicted octanol–water partition coefficient (Wildman–Crippen LogP) is 8.28. The molecule has 0 heterocycles. The number of hydrogen-bond acceptors (Lipinski definition) is 8. The van der Waals surface area contributed by atoms with Gasteiger partial charge in [-0.1, -0.05) is 119 Å². The van der Waals surface area contributed by atoms with E-state index in [4.69, 9.17) is 30.3 Å². The number of methoxy groups -OCH3 is 1. The van der Waals surface area contributed by atoms with E-state index in [0.717, 1.165) is 57.5 Å². The fraction of sp³-hybridized carbons (Fsp3) is 0.238. The first-order valence-electron chi connectivity index (χ1n) is 16.3. The van der Waals surface area contributed by atoms with Crippen LogP contribution < -0.4 is 4.74 Å². The van der Waals surface area contributed by atoms with Crippen molar-refractivity contribution in [3.63, 3.8) is 0 Å². The van der Waals surface area contributed by atoms with Gasteiger partial charge in [0.25, 0.3) is 6.47 Å². The van der Waals surface area contributed by atoms with Gasteiger partial charge in [0, 0.05) is 11.1 Å². The van der Waals surface area contributed by atoms with E-state index in [0.29, 0.717) is 11.9 Å². The molecule has 0 aliphatic rings. The van der Waals surface area contributed by atoms with E-state index in [-0.39, 0.29) is 31.9 Å². The van der Waals surface area contributed by atoms with Crippen LogP contribution in [0.4, 0.5) is 0 Å². The highest BCUT2D eigenvalue weighted by Gasteiger charge is 2.15. The molecule has 0 atom stereocenters. The maximum Gasteiger partial charge on any atom is 0.290 e. The lowest BCUT2D eigenvalue weighted by molar-refractivity contribution is -0.176. The number of aryl methyl sites for hydroxylation is 1. The van der Waals surface area contributed by atoms with E-state index in [1.54, 1.807) is 7.11 Å². The van der Waals surface area contributed by atoms with Crippen LogP contribution in [-0.4, -0.2) is 70.6 Å². The lowest BCUT2D eigenvalue weighted by Crippen LogP contribution is -1.97. The molecule has 0 radical (unpaired) electrons. The topological polar surface area (TPSA) is 165 Å². The number of benzene rings is 4. The van der Waals surface area contributed by atoms with Gasteiger partial charge in [0.1, 0.15) is 12.0 Å². The molecular weight excluding hydrogens is 648 g/mol. The average molecular weight is 699 g/mol. The fourth-order valence-corrected chi connectivity index (χ4v) is 5.08. The Morgan fingerprint density at radius 3 is 1.47 bits per heavy atom. The summed E-state index contributed by atoms with van der Waals surface area (Å²) in [7, 11) is 1.73. The number of aliphatic hydroxyl groups is 3. The summed E-state index contributed by atoms with van der Waals surface area (Å²) in [6.07, 6.45) is 6.35. The molecule has 0 bridgehead atoms. The van der Waals surface area contributed by atoms with Gasteiger partial charge in [-0.2, -0.15) is 0 Å². The van der Waals surface area contributed by atoms with Gasteiger partial charge in [0.05, 0.1) is 26.9 Å². The summed E-state index contributed by atoms with van der Waals surface area (Å²) in [4.78, 5) is 17.8. The van der Waals surface area contributed by atoms with Gasteiger partial charge in [-0.15, -0.1) is 0 Å². The third kappa shape index (κ3) is 13.9. The average Bonchev–Trinajstić information content (AvgIpc) is 3.19. The zero-order valence-corrected chi connectivity index (χ0v) is 29.4. The lowest BCUT2D eigenvalue weighted by atomic mass is 9.90. The number of ether oxygens (including phenoxy) is 1. The number of aliphatic hydroxyl groups excluding tert-OH is 3. The highest BCUT2D eigenvalue weighted by atomic mass is 17.0. The molecule has 0 spiro atoms. The molecule has 6 N–H and O–H groups in total. The summed E-state index contributed by atoms with van der Waals surface area (Å²) < 4.78 is 5.91. The number of carbonyl (C=O) groups is 2. The second-order valence-electron chi connectivity index (χ2n) is 11.3. The van der Waals surface area contributed by atoms with Crippen molar-refractivity contribution in [3.05, 3.63) is 127 Å². The Balaban J connectivity index is 0.00000104. The first-order chi connectivity index (χ1) is 24.7. The molecule has 0 saturated carbocycles. The molecule has 0 saturated heterocycles. The first-order valence-corrected chi connectivity index (χ1v) is 16.3. The summed E-state index contributed by atoms with van der Waals surface area (Å²) >= 11 is 0. The second-order valence-corrected chi connectivity index (χ2v) is 11.3. The summed E-state index contributed by atoms with van der Waals surface area (Å²) in [6, 6.07) is 29.5. The largest absolute Gasteiger partial charge is 0.496 e. The Labute approximate surface area is 300 Å². The van der Waals surface area contributed by atoms with E-state index in [2.05, 4.69) is 87.3 Å².